The molecular formula is C7H7BrClN3. The number of pyridine rings is 1. The lowest BCUT2D eigenvalue weighted by Gasteiger charge is -1.90. The van der Waals surface area contributed by atoms with Crippen molar-refractivity contribution in [1.82, 2.24) is 9.97 Å². The summed E-state index contributed by atoms with van der Waals surface area (Å²) in [6, 6.07) is 3.81. The van der Waals surface area contributed by atoms with Gasteiger partial charge < -0.3 is 10.7 Å². The van der Waals surface area contributed by atoms with Gasteiger partial charge in [0, 0.05) is 6.20 Å². The highest BCUT2D eigenvalue weighted by molar-refractivity contribution is 9.10. The molecule has 2 rings (SSSR count). The first kappa shape index (κ1) is 9.35. The van der Waals surface area contributed by atoms with Crippen molar-refractivity contribution in [1.29, 1.82) is 0 Å². The molecule has 2 heterocycles. The molecule has 0 atom stereocenters. The molecule has 12 heavy (non-hydrogen) atoms. The monoisotopic (exact) mass is 247 g/mol. The number of nitrogens with zero attached hydrogens (tertiary/aromatic N) is 1. The summed E-state index contributed by atoms with van der Waals surface area (Å²) in [5.41, 5.74) is 8.09. The summed E-state index contributed by atoms with van der Waals surface area (Å²) in [6.07, 6.45) is 1.74. The van der Waals surface area contributed by atoms with Crippen LogP contribution in [-0.2, 0) is 0 Å². The number of nitrogens with one attached hydrogen (secondary N) is 1. The summed E-state index contributed by atoms with van der Waals surface area (Å²) in [6.45, 7) is 0. The van der Waals surface area contributed by atoms with E-state index in [2.05, 4.69) is 25.9 Å². The zero-order valence-corrected chi connectivity index (χ0v) is 8.45. The fourth-order valence-electron chi connectivity index (χ4n) is 0.996. The van der Waals surface area contributed by atoms with Crippen molar-refractivity contribution in [2.24, 2.45) is 0 Å². The minimum absolute atomic E-state index is 0. The van der Waals surface area contributed by atoms with E-state index in [1.54, 1.807) is 6.20 Å². The number of aromatic nitrogens is 2. The normalized spacial score (nSPS) is 9.75. The molecule has 0 aliphatic heterocycles. The Hall–Kier alpha value is -0.740. The average Bonchev–Trinajstić information content (AvgIpc) is 2.33. The minimum atomic E-state index is 0. The lowest BCUT2D eigenvalue weighted by atomic mass is 10.4. The molecule has 0 radical (unpaired) electrons. The first-order chi connectivity index (χ1) is 5.27. The maximum Gasteiger partial charge on any atom is 0.112 e. The van der Waals surface area contributed by atoms with E-state index >= 15 is 0 Å². The summed E-state index contributed by atoms with van der Waals surface area (Å²) in [7, 11) is 0. The third-order valence-electron chi connectivity index (χ3n) is 1.52. The van der Waals surface area contributed by atoms with Gasteiger partial charge in [-0.15, -0.1) is 12.4 Å². The second kappa shape index (κ2) is 3.33. The van der Waals surface area contributed by atoms with Crippen LogP contribution in [0.4, 0.5) is 5.69 Å². The van der Waals surface area contributed by atoms with Crippen molar-refractivity contribution >= 4 is 45.1 Å². The van der Waals surface area contributed by atoms with E-state index in [1.165, 1.54) is 0 Å². The number of fused-ring (bicyclic) bond motifs is 1. The molecule has 0 saturated heterocycles. The van der Waals surface area contributed by atoms with Crippen LogP contribution in [0.1, 0.15) is 0 Å². The number of anilines is 1. The first-order valence-electron chi connectivity index (χ1n) is 3.16. The molecule has 3 N–H and O–H groups in total. The highest BCUT2D eigenvalue weighted by Crippen LogP contribution is 2.19. The van der Waals surface area contributed by atoms with Crippen LogP contribution in [0, 0.1) is 0 Å². The van der Waals surface area contributed by atoms with Gasteiger partial charge in [-0.2, -0.15) is 0 Å². The van der Waals surface area contributed by atoms with Crippen LogP contribution in [0.25, 0.3) is 11.0 Å². The fourth-order valence-corrected chi connectivity index (χ4v) is 1.31. The summed E-state index contributed by atoms with van der Waals surface area (Å²) in [4.78, 5) is 7.20. The fraction of sp³-hybridized carbons (Fsp3) is 0. The Bertz CT molecular complexity index is 398. The van der Waals surface area contributed by atoms with Crippen molar-refractivity contribution in [3.8, 4) is 0 Å². The van der Waals surface area contributed by atoms with E-state index in [9.17, 15) is 0 Å². The number of nitrogens with two attached hydrogens (primary N) is 1. The van der Waals surface area contributed by atoms with Gasteiger partial charge in [-0.05, 0) is 28.1 Å². The molecule has 0 spiro atoms. The molecule has 0 fully saturated rings. The standard InChI is InChI=1S/C7H6BrN3.ClH/c8-6-2-1-5-7(11-6)4(9)3-10-5;/h1-3,10H,9H2;1H. The Kier molecular flexibility index (Phi) is 2.59. The molecule has 0 aliphatic carbocycles. The molecular weight excluding hydrogens is 241 g/mol. The molecule has 0 unspecified atom stereocenters. The summed E-state index contributed by atoms with van der Waals surface area (Å²) in [5.74, 6) is 0. The van der Waals surface area contributed by atoms with Crippen LogP contribution < -0.4 is 5.73 Å². The highest BCUT2D eigenvalue weighted by Gasteiger charge is 2.00. The number of H-pyrrole nitrogens is 1. The second-order valence-corrected chi connectivity index (χ2v) is 3.09. The SMILES string of the molecule is Cl.Nc1c[nH]c2ccc(Br)nc12. The Morgan fingerprint density at radius 2 is 2.17 bits per heavy atom. The molecule has 2 aromatic rings. The summed E-state index contributed by atoms with van der Waals surface area (Å²) < 4.78 is 0.802. The molecule has 0 saturated carbocycles. The second-order valence-electron chi connectivity index (χ2n) is 2.27. The smallest absolute Gasteiger partial charge is 0.112 e. The van der Waals surface area contributed by atoms with Gasteiger partial charge in [-0.1, -0.05) is 0 Å². The number of nitrogen functional groups attached to an aromatic ring is 1. The maximum absolute atomic E-state index is 5.63. The topological polar surface area (TPSA) is 54.7 Å². The van der Waals surface area contributed by atoms with Crippen molar-refractivity contribution in [2.75, 3.05) is 5.73 Å². The first-order valence-corrected chi connectivity index (χ1v) is 3.96. The zero-order valence-electron chi connectivity index (χ0n) is 6.04. The van der Waals surface area contributed by atoms with Crippen LogP contribution in [0.2, 0.25) is 0 Å². The molecule has 0 aromatic carbocycles. The Morgan fingerprint density at radius 1 is 1.42 bits per heavy atom. The average molecular weight is 249 g/mol. The van der Waals surface area contributed by atoms with Crippen LogP contribution in [0.5, 0.6) is 0 Å². The van der Waals surface area contributed by atoms with E-state index in [4.69, 9.17) is 5.73 Å². The molecule has 5 heteroatoms. The van der Waals surface area contributed by atoms with Crippen LogP contribution >= 0.6 is 28.3 Å². The van der Waals surface area contributed by atoms with E-state index in [1.807, 2.05) is 12.1 Å². The molecule has 0 aliphatic rings. The van der Waals surface area contributed by atoms with Crippen LogP contribution in [0.15, 0.2) is 22.9 Å². The number of rotatable bonds is 0. The lowest BCUT2D eigenvalue weighted by Crippen LogP contribution is -1.83. The van der Waals surface area contributed by atoms with E-state index < -0.39 is 0 Å². The van der Waals surface area contributed by atoms with Gasteiger partial charge in [0.1, 0.15) is 10.1 Å². The number of halogens is 2. The Morgan fingerprint density at radius 3 is 2.92 bits per heavy atom. The van der Waals surface area contributed by atoms with Gasteiger partial charge in [-0.25, -0.2) is 4.98 Å². The van der Waals surface area contributed by atoms with Gasteiger partial charge in [0.15, 0.2) is 0 Å². The summed E-state index contributed by atoms with van der Waals surface area (Å²) >= 11 is 3.27. The molecule has 2 aromatic heterocycles. The Balaban J connectivity index is 0.000000720. The number of aromatic amines is 1. The van der Waals surface area contributed by atoms with Crippen LogP contribution in [-0.4, -0.2) is 9.97 Å². The van der Waals surface area contributed by atoms with Gasteiger partial charge in [0.2, 0.25) is 0 Å². The largest absolute Gasteiger partial charge is 0.396 e. The summed E-state index contributed by atoms with van der Waals surface area (Å²) in [5, 5.41) is 0. The molecule has 0 bridgehead atoms. The Labute approximate surface area is 83.9 Å². The highest BCUT2D eigenvalue weighted by atomic mass is 79.9. The number of hydrogen-bond acceptors (Lipinski definition) is 2. The van der Waals surface area contributed by atoms with Gasteiger partial charge in [-0.3, -0.25) is 0 Å². The predicted octanol–water partition coefficient (Wildman–Crippen LogP) is 2.33. The van der Waals surface area contributed by atoms with Gasteiger partial charge in [0.05, 0.1) is 11.2 Å². The zero-order chi connectivity index (χ0) is 7.84. The third-order valence-corrected chi connectivity index (χ3v) is 1.96. The third kappa shape index (κ3) is 1.40. The number of hydrogen-bond donors (Lipinski definition) is 2. The lowest BCUT2D eigenvalue weighted by molar-refractivity contribution is 1.35. The molecule has 3 nitrogen and oxygen atoms in total. The van der Waals surface area contributed by atoms with Crippen molar-refractivity contribution in [3.63, 3.8) is 0 Å². The maximum atomic E-state index is 5.63. The molecule has 64 valence electrons. The van der Waals surface area contributed by atoms with Gasteiger partial charge in [0.25, 0.3) is 0 Å². The van der Waals surface area contributed by atoms with E-state index in [0.29, 0.717) is 5.69 Å². The van der Waals surface area contributed by atoms with Gasteiger partial charge >= 0.3 is 0 Å². The van der Waals surface area contributed by atoms with Crippen molar-refractivity contribution < 1.29 is 0 Å². The predicted molar refractivity (Wildman–Crippen MR) is 55.5 cm³/mol. The van der Waals surface area contributed by atoms with E-state index in [0.717, 1.165) is 15.6 Å². The van der Waals surface area contributed by atoms with E-state index in [-0.39, 0.29) is 12.4 Å². The molecule has 0 amide bonds. The van der Waals surface area contributed by atoms with Crippen molar-refractivity contribution in [2.45, 2.75) is 0 Å². The minimum Gasteiger partial charge on any atom is -0.396 e. The quantitative estimate of drug-likeness (QED) is 0.703. The van der Waals surface area contributed by atoms with Crippen LogP contribution in [0.3, 0.4) is 0 Å². The van der Waals surface area contributed by atoms with Crippen molar-refractivity contribution in [3.05, 3.63) is 22.9 Å².